The molecule has 1 N–H and O–H groups in total. The van der Waals surface area contributed by atoms with E-state index in [-0.39, 0.29) is 0 Å². The Balaban J connectivity index is 1.78. The van der Waals surface area contributed by atoms with Gasteiger partial charge in [-0.3, -0.25) is 4.21 Å². The van der Waals surface area contributed by atoms with E-state index >= 15 is 0 Å². The van der Waals surface area contributed by atoms with Gasteiger partial charge in [-0.05, 0) is 44.1 Å². The van der Waals surface area contributed by atoms with Crippen molar-refractivity contribution in [3.8, 4) is 0 Å². The number of hydrogen-bond acceptors (Lipinski definition) is 2. The molecule has 3 heteroatoms. The number of rotatable bonds is 5. The summed E-state index contributed by atoms with van der Waals surface area (Å²) in [7, 11) is -0.699. The third kappa shape index (κ3) is 4.73. The van der Waals surface area contributed by atoms with Crippen LogP contribution in [0.1, 0.15) is 44.1 Å². The van der Waals surface area contributed by atoms with Gasteiger partial charge in [0.2, 0.25) is 0 Å². The van der Waals surface area contributed by atoms with Gasteiger partial charge < -0.3 is 5.32 Å². The highest BCUT2D eigenvalue weighted by Crippen LogP contribution is 2.32. The van der Waals surface area contributed by atoms with Gasteiger partial charge in [0.05, 0.1) is 0 Å². The molecule has 2 rings (SSSR count). The van der Waals surface area contributed by atoms with E-state index in [0.717, 1.165) is 11.7 Å². The lowest BCUT2D eigenvalue weighted by Crippen LogP contribution is -2.41. The standard InChI is InChI=1S/C16H25NOS/c1-13(12-19(2)18)17-16-10-8-15(9-11-16)14-6-4-3-5-7-14/h3-7,13,15-17H,8-12H2,1-2H3. The van der Waals surface area contributed by atoms with E-state index in [9.17, 15) is 4.21 Å². The first-order valence-electron chi connectivity index (χ1n) is 7.26. The van der Waals surface area contributed by atoms with Crippen molar-refractivity contribution in [2.75, 3.05) is 12.0 Å². The number of hydrogen-bond donors (Lipinski definition) is 1. The Morgan fingerprint density at radius 3 is 2.42 bits per heavy atom. The third-order valence-corrected chi connectivity index (χ3v) is 4.97. The summed E-state index contributed by atoms with van der Waals surface area (Å²) in [6.45, 7) is 2.14. The third-order valence-electron chi connectivity index (χ3n) is 4.00. The first-order chi connectivity index (χ1) is 9.15. The fraction of sp³-hybridized carbons (Fsp3) is 0.625. The van der Waals surface area contributed by atoms with Crippen LogP contribution in [0.4, 0.5) is 0 Å². The highest BCUT2D eigenvalue weighted by Gasteiger charge is 2.23. The van der Waals surface area contributed by atoms with Crippen LogP contribution in [0.5, 0.6) is 0 Å². The lowest BCUT2D eigenvalue weighted by molar-refractivity contribution is 0.327. The molecule has 0 radical (unpaired) electrons. The molecule has 2 nitrogen and oxygen atoms in total. The van der Waals surface area contributed by atoms with Crippen LogP contribution in [0.15, 0.2) is 30.3 Å². The zero-order valence-electron chi connectivity index (χ0n) is 12.0. The van der Waals surface area contributed by atoms with Crippen molar-refractivity contribution in [2.24, 2.45) is 0 Å². The minimum absolute atomic E-state index is 0.365. The van der Waals surface area contributed by atoms with E-state index in [1.165, 1.54) is 31.2 Å². The van der Waals surface area contributed by atoms with Gasteiger partial charge >= 0.3 is 0 Å². The Bertz CT molecular complexity index is 398. The predicted octanol–water partition coefficient (Wildman–Crippen LogP) is 3.07. The van der Waals surface area contributed by atoms with Crippen molar-refractivity contribution in [1.82, 2.24) is 5.32 Å². The van der Waals surface area contributed by atoms with Crippen LogP contribution in [-0.2, 0) is 10.8 Å². The molecule has 0 aliphatic heterocycles. The summed E-state index contributed by atoms with van der Waals surface area (Å²) in [6.07, 6.45) is 6.79. The quantitative estimate of drug-likeness (QED) is 0.897. The van der Waals surface area contributed by atoms with Gasteiger partial charge in [0.1, 0.15) is 0 Å². The molecule has 0 bridgehead atoms. The molecule has 0 amide bonds. The van der Waals surface area contributed by atoms with Gasteiger partial charge in [-0.2, -0.15) is 0 Å². The fourth-order valence-electron chi connectivity index (χ4n) is 3.12. The van der Waals surface area contributed by atoms with E-state index in [1.54, 1.807) is 6.26 Å². The highest BCUT2D eigenvalue weighted by atomic mass is 32.2. The molecule has 0 aromatic heterocycles. The van der Waals surface area contributed by atoms with E-state index < -0.39 is 10.8 Å². The molecule has 0 saturated heterocycles. The molecule has 1 aliphatic rings. The van der Waals surface area contributed by atoms with Crippen LogP contribution < -0.4 is 5.32 Å². The molecule has 1 aliphatic carbocycles. The second-order valence-corrected chi connectivity index (χ2v) is 7.25. The van der Waals surface area contributed by atoms with Gasteiger partial charge in [0, 0.05) is 34.9 Å². The van der Waals surface area contributed by atoms with Crippen molar-refractivity contribution in [3.63, 3.8) is 0 Å². The number of nitrogens with one attached hydrogen (secondary N) is 1. The first-order valence-corrected chi connectivity index (χ1v) is 8.99. The lowest BCUT2D eigenvalue weighted by Gasteiger charge is -2.31. The van der Waals surface area contributed by atoms with Crippen LogP contribution in [0.3, 0.4) is 0 Å². The monoisotopic (exact) mass is 279 g/mol. The van der Waals surface area contributed by atoms with Crippen molar-refractivity contribution in [1.29, 1.82) is 0 Å². The predicted molar refractivity (Wildman–Crippen MR) is 83.0 cm³/mol. The maximum absolute atomic E-state index is 11.2. The minimum atomic E-state index is -0.699. The summed E-state index contributed by atoms with van der Waals surface area (Å²) in [5.74, 6) is 1.49. The normalized spacial score (nSPS) is 26.8. The molecule has 0 spiro atoms. The van der Waals surface area contributed by atoms with Crippen molar-refractivity contribution in [2.45, 2.75) is 50.6 Å². The zero-order chi connectivity index (χ0) is 13.7. The minimum Gasteiger partial charge on any atom is -0.311 e. The second kappa shape index (κ2) is 7.20. The molecule has 1 aromatic carbocycles. The van der Waals surface area contributed by atoms with Gasteiger partial charge in [0.15, 0.2) is 0 Å². The van der Waals surface area contributed by atoms with Crippen molar-refractivity contribution >= 4 is 10.8 Å². The molecule has 19 heavy (non-hydrogen) atoms. The summed E-state index contributed by atoms with van der Waals surface area (Å²) >= 11 is 0. The molecular formula is C16H25NOS. The molecule has 2 unspecified atom stereocenters. The van der Waals surface area contributed by atoms with Crippen LogP contribution in [0.2, 0.25) is 0 Å². The largest absolute Gasteiger partial charge is 0.311 e. The van der Waals surface area contributed by atoms with Crippen molar-refractivity contribution < 1.29 is 4.21 Å². The first kappa shape index (κ1) is 14.7. The van der Waals surface area contributed by atoms with E-state index in [4.69, 9.17) is 0 Å². The smallest absolute Gasteiger partial charge is 0.0383 e. The summed E-state index contributed by atoms with van der Waals surface area (Å²) in [5, 5.41) is 3.63. The van der Waals surface area contributed by atoms with Crippen LogP contribution in [0, 0.1) is 0 Å². The van der Waals surface area contributed by atoms with Crippen LogP contribution in [-0.4, -0.2) is 28.3 Å². The molecule has 106 valence electrons. The van der Waals surface area contributed by atoms with Crippen molar-refractivity contribution in [3.05, 3.63) is 35.9 Å². The number of benzene rings is 1. The average Bonchev–Trinajstić information content (AvgIpc) is 2.39. The Morgan fingerprint density at radius 2 is 1.84 bits per heavy atom. The fourth-order valence-corrected chi connectivity index (χ4v) is 3.92. The summed E-state index contributed by atoms with van der Waals surface area (Å²) in [6, 6.07) is 11.8. The molecule has 1 fully saturated rings. The zero-order valence-corrected chi connectivity index (χ0v) is 12.8. The Hall–Kier alpha value is -0.670. The summed E-state index contributed by atoms with van der Waals surface area (Å²) < 4.78 is 11.2. The maximum Gasteiger partial charge on any atom is 0.0383 e. The molecule has 2 atom stereocenters. The Morgan fingerprint density at radius 1 is 1.21 bits per heavy atom. The van der Waals surface area contributed by atoms with Crippen LogP contribution in [0.25, 0.3) is 0 Å². The maximum atomic E-state index is 11.2. The van der Waals surface area contributed by atoms with E-state index in [0.29, 0.717) is 12.1 Å². The molecule has 1 aromatic rings. The topological polar surface area (TPSA) is 29.1 Å². The van der Waals surface area contributed by atoms with Gasteiger partial charge in [0.25, 0.3) is 0 Å². The van der Waals surface area contributed by atoms with Gasteiger partial charge in [-0.25, -0.2) is 0 Å². The highest BCUT2D eigenvalue weighted by molar-refractivity contribution is 7.84. The lowest BCUT2D eigenvalue weighted by atomic mass is 9.81. The molecule has 1 saturated carbocycles. The SMILES string of the molecule is CC(CS(C)=O)NC1CCC(c2ccccc2)CC1. The summed E-state index contributed by atoms with van der Waals surface area (Å²) in [5.41, 5.74) is 1.49. The van der Waals surface area contributed by atoms with Gasteiger partial charge in [-0.1, -0.05) is 30.3 Å². The summed E-state index contributed by atoms with van der Waals surface area (Å²) in [4.78, 5) is 0. The van der Waals surface area contributed by atoms with E-state index in [2.05, 4.69) is 42.6 Å². The molecule has 0 heterocycles. The Labute approximate surface area is 119 Å². The van der Waals surface area contributed by atoms with E-state index in [1.807, 2.05) is 0 Å². The van der Waals surface area contributed by atoms with Crippen LogP contribution >= 0.6 is 0 Å². The van der Waals surface area contributed by atoms with Gasteiger partial charge in [-0.15, -0.1) is 0 Å². The molecular weight excluding hydrogens is 254 g/mol. The average molecular weight is 279 g/mol. The Kier molecular flexibility index (Phi) is 5.59. The second-order valence-electron chi connectivity index (χ2n) is 5.77.